The van der Waals surface area contributed by atoms with Gasteiger partial charge in [0.05, 0.1) is 24.4 Å². The number of ether oxygens (including phenoxy) is 1. The Morgan fingerprint density at radius 1 is 1.33 bits per heavy atom. The molecular weight excluding hydrogens is 390 g/mol. The number of methoxy groups -OCH3 is 1. The van der Waals surface area contributed by atoms with Gasteiger partial charge in [-0.2, -0.15) is 5.10 Å². The third-order valence-electron chi connectivity index (χ3n) is 4.29. The van der Waals surface area contributed by atoms with Gasteiger partial charge in [0.2, 0.25) is 0 Å². The molecule has 11 heteroatoms. The van der Waals surface area contributed by atoms with Crippen molar-refractivity contribution in [2.24, 2.45) is 5.10 Å². The number of rotatable bonds is 6. The van der Waals surface area contributed by atoms with E-state index in [9.17, 15) is 9.90 Å². The van der Waals surface area contributed by atoms with Crippen molar-refractivity contribution < 1.29 is 19.3 Å². The topological polar surface area (TPSA) is 154 Å². The molecule has 0 aliphatic heterocycles. The summed E-state index contributed by atoms with van der Waals surface area (Å²) in [7, 11) is 1.45. The number of aromatic hydroxyl groups is 1. The van der Waals surface area contributed by atoms with Gasteiger partial charge >= 0.3 is 0 Å². The SMILES string of the molecule is COc1cc(/C=N/NC(=O)Cn2c(-c3nonc3N)nc3ccccc32)ccc1O. The third kappa shape index (κ3) is 3.63. The number of nitrogen functional groups attached to an aromatic ring is 1. The van der Waals surface area contributed by atoms with Crippen LogP contribution in [0, 0.1) is 0 Å². The number of imidazole rings is 1. The van der Waals surface area contributed by atoms with E-state index in [2.05, 4.69) is 30.5 Å². The highest BCUT2D eigenvalue weighted by Crippen LogP contribution is 2.27. The number of hydrogen-bond donors (Lipinski definition) is 3. The smallest absolute Gasteiger partial charge is 0.260 e. The molecule has 11 nitrogen and oxygen atoms in total. The van der Waals surface area contributed by atoms with E-state index in [1.807, 2.05) is 24.3 Å². The Morgan fingerprint density at radius 2 is 2.17 bits per heavy atom. The second-order valence-electron chi connectivity index (χ2n) is 6.23. The van der Waals surface area contributed by atoms with Gasteiger partial charge in [-0.25, -0.2) is 15.0 Å². The van der Waals surface area contributed by atoms with Gasteiger partial charge in [0.15, 0.2) is 28.8 Å². The van der Waals surface area contributed by atoms with E-state index < -0.39 is 5.91 Å². The second-order valence-corrected chi connectivity index (χ2v) is 6.23. The minimum atomic E-state index is -0.392. The summed E-state index contributed by atoms with van der Waals surface area (Å²) in [5.74, 6) is 0.360. The van der Waals surface area contributed by atoms with Crippen molar-refractivity contribution in [3.63, 3.8) is 0 Å². The molecule has 0 unspecified atom stereocenters. The molecule has 0 radical (unpaired) electrons. The predicted molar refractivity (Wildman–Crippen MR) is 108 cm³/mol. The molecular formula is C19H17N7O4. The lowest BCUT2D eigenvalue weighted by molar-refractivity contribution is -0.121. The Labute approximate surface area is 169 Å². The standard InChI is InChI=1S/C19H17N7O4/c1-29-15-8-11(6-7-14(15)27)9-21-23-16(28)10-26-13-5-3-2-4-12(13)22-19(26)17-18(20)25-30-24-17/h2-9,27H,10H2,1H3,(H2,20,25)(H,23,28)/b21-9+. The third-order valence-corrected chi connectivity index (χ3v) is 4.29. The van der Waals surface area contributed by atoms with Gasteiger partial charge in [-0.3, -0.25) is 4.79 Å². The van der Waals surface area contributed by atoms with Crippen molar-refractivity contribution in [1.82, 2.24) is 25.3 Å². The van der Waals surface area contributed by atoms with Crippen molar-refractivity contribution in [3.8, 4) is 23.0 Å². The van der Waals surface area contributed by atoms with Crippen LogP contribution in [-0.2, 0) is 11.3 Å². The maximum atomic E-state index is 12.5. The quantitative estimate of drug-likeness (QED) is 0.321. The summed E-state index contributed by atoms with van der Waals surface area (Å²) in [6.45, 7) is -0.0849. The molecule has 4 rings (SSSR count). The van der Waals surface area contributed by atoms with Crippen LogP contribution in [0.3, 0.4) is 0 Å². The molecule has 2 aromatic heterocycles. The average Bonchev–Trinajstić information content (AvgIpc) is 3.32. The van der Waals surface area contributed by atoms with Crippen LogP contribution in [0.5, 0.6) is 11.5 Å². The summed E-state index contributed by atoms with van der Waals surface area (Å²) in [5.41, 5.74) is 10.5. The van der Waals surface area contributed by atoms with E-state index in [1.54, 1.807) is 16.7 Å². The Balaban J connectivity index is 1.55. The van der Waals surface area contributed by atoms with Crippen LogP contribution in [0.2, 0.25) is 0 Å². The molecule has 1 amide bonds. The number of fused-ring (bicyclic) bond motifs is 1. The molecule has 2 aromatic carbocycles. The molecule has 4 N–H and O–H groups in total. The Kier molecular flexibility index (Phi) is 4.99. The maximum absolute atomic E-state index is 12.5. The van der Waals surface area contributed by atoms with Crippen LogP contribution in [-0.4, -0.2) is 44.2 Å². The highest BCUT2D eigenvalue weighted by Gasteiger charge is 2.20. The first-order valence-corrected chi connectivity index (χ1v) is 8.79. The molecule has 0 aliphatic carbocycles. The number of nitrogens with zero attached hydrogens (tertiary/aromatic N) is 5. The van der Waals surface area contributed by atoms with E-state index in [0.717, 1.165) is 5.52 Å². The molecule has 0 fully saturated rings. The van der Waals surface area contributed by atoms with Crippen molar-refractivity contribution in [2.45, 2.75) is 6.54 Å². The molecule has 4 aromatic rings. The molecule has 30 heavy (non-hydrogen) atoms. The Bertz CT molecular complexity index is 1240. The van der Waals surface area contributed by atoms with Gasteiger partial charge in [-0.1, -0.05) is 12.1 Å². The lowest BCUT2D eigenvalue weighted by Gasteiger charge is -2.07. The number of hydrogen-bond acceptors (Lipinski definition) is 9. The van der Waals surface area contributed by atoms with Gasteiger partial charge in [-0.15, -0.1) is 0 Å². The second kappa shape index (κ2) is 7.91. The molecule has 0 bridgehead atoms. The number of amides is 1. The van der Waals surface area contributed by atoms with Gasteiger partial charge in [-0.05, 0) is 46.2 Å². The summed E-state index contributed by atoms with van der Waals surface area (Å²) >= 11 is 0. The average molecular weight is 407 g/mol. The van der Waals surface area contributed by atoms with Crippen LogP contribution >= 0.6 is 0 Å². The number of phenolic OH excluding ortho intramolecular Hbond substituents is 1. The summed E-state index contributed by atoms with van der Waals surface area (Å²) in [5, 5.41) is 20.9. The molecule has 0 saturated carbocycles. The minimum Gasteiger partial charge on any atom is -0.504 e. The van der Waals surface area contributed by atoms with E-state index in [-0.39, 0.29) is 23.8 Å². The fraction of sp³-hybridized carbons (Fsp3) is 0.105. The lowest BCUT2D eigenvalue weighted by Crippen LogP contribution is -2.23. The minimum absolute atomic E-state index is 0.0137. The van der Waals surface area contributed by atoms with Crippen LogP contribution in [0.15, 0.2) is 52.2 Å². The zero-order chi connectivity index (χ0) is 21.1. The van der Waals surface area contributed by atoms with E-state index in [4.69, 9.17) is 10.5 Å². The number of nitrogens with one attached hydrogen (secondary N) is 1. The summed E-state index contributed by atoms with van der Waals surface area (Å²) < 4.78 is 11.4. The monoisotopic (exact) mass is 407 g/mol. The number of carbonyl (C=O) groups is 1. The molecule has 0 saturated heterocycles. The molecule has 0 atom stereocenters. The van der Waals surface area contributed by atoms with Crippen LogP contribution in [0.25, 0.3) is 22.6 Å². The van der Waals surface area contributed by atoms with Gasteiger partial charge in [0.1, 0.15) is 6.54 Å². The van der Waals surface area contributed by atoms with Crippen molar-refractivity contribution >= 4 is 29.0 Å². The molecule has 0 spiro atoms. The summed E-state index contributed by atoms with van der Waals surface area (Å²) in [6, 6.07) is 12.0. The van der Waals surface area contributed by atoms with Crippen LogP contribution in [0.4, 0.5) is 5.82 Å². The van der Waals surface area contributed by atoms with E-state index in [0.29, 0.717) is 22.7 Å². The fourth-order valence-corrected chi connectivity index (χ4v) is 2.90. The van der Waals surface area contributed by atoms with Gasteiger partial charge in [0, 0.05) is 0 Å². The van der Waals surface area contributed by atoms with E-state index in [1.165, 1.54) is 19.4 Å². The first-order chi connectivity index (χ1) is 14.6. The highest BCUT2D eigenvalue weighted by molar-refractivity contribution is 5.86. The summed E-state index contributed by atoms with van der Waals surface area (Å²) in [6.07, 6.45) is 1.44. The Morgan fingerprint density at radius 3 is 2.93 bits per heavy atom. The molecule has 0 aliphatic rings. The zero-order valence-corrected chi connectivity index (χ0v) is 15.8. The lowest BCUT2D eigenvalue weighted by atomic mass is 10.2. The first-order valence-electron chi connectivity index (χ1n) is 8.79. The number of carbonyl (C=O) groups excluding carboxylic acids is 1. The van der Waals surface area contributed by atoms with Crippen molar-refractivity contribution in [3.05, 3.63) is 48.0 Å². The molecule has 152 valence electrons. The van der Waals surface area contributed by atoms with Crippen LogP contribution in [0.1, 0.15) is 5.56 Å². The number of para-hydroxylation sites is 2. The van der Waals surface area contributed by atoms with Gasteiger partial charge < -0.3 is 20.1 Å². The summed E-state index contributed by atoms with van der Waals surface area (Å²) in [4.78, 5) is 17.0. The number of benzene rings is 2. The van der Waals surface area contributed by atoms with Crippen molar-refractivity contribution in [1.29, 1.82) is 0 Å². The number of hydrazone groups is 1. The van der Waals surface area contributed by atoms with Crippen molar-refractivity contribution in [2.75, 3.05) is 12.8 Å². The van der Waals surface area contributed by atoms with E-state index >= 15 is 0 Å². The fourth-order valence-electron chi connectivity index (χ4n) is 2.90. The predicted octanol–water partition coefficient (Wildman–Crippen LogP) is 1.53. The van der Waals surface area contributed by atoms with Crippen LogP contribution < -0.4 is 15.9 Å². The Hall–Kier alpha value is -4.41. The highest BCUT2D eigenvalue weighted by atomic mass is 16.6. The molecule has 2 heterocycles. The number of nitrogens with two attached hydrogens (primary N) is 1. The maximum Gasteiger partial charge on any atom is 0.260 e. The van der Waals surface area contributed by atoms with Gasteiger partial charge in [0.25, 0.3) is 5.91 Å². The number of anilines is 1. The largest absolute Gasteiger partial charge is 0.504 e. The number of phenols is 1. The zero-order valence-electron chi connectivity index (χ0n) is 15.8. The number of aromatic nitrogens is 4. The first kappa shape index (κ1) is 18.9. The normalized spacial score (nSPS) is 11.2.